The first-order valence-corrected chi connectivity index (χ1v) is 5.59. The fourth-order valence-electron chi connectivity index (χ4n) is 1.91. The van der Waals surface area contributed by atoms with Gasteiger partial charge in [0, 0.05) is 11.4 Å². The number of nitrogens with zero attached hydrogens (tertiary/aromatic N) is 1. The van der Waals surface area contributed by atoms with Gasteiger partial charge in [0.25, 0.3) is 0 Å². The summed E-state index contributed by atoms with van der Waals surface area (Å²) in [5, 5.41) is 0. The fraction of sp³-hybridized carbons (Fsp3) is 0.615. The summed E-state index contributed by atoms with van der Waals surface area (Å²) >= 11 is 0. The summed E-state index contributed by atoms with van der Waals surface area (Å²) in [4.78, 5) is 4.68. The van der Waals surface area contributed by atoms with E-state index in [2.05, 4.69) is 45.7 Å². The highest BCUT2D eigenvalue weighted by atomic mass is 14.7. The zero-order valence-corrected chi connectivity index (χ0v) is 10.0. The van der Waals surface area contributed by atoms with Crippen molar-refractivity contribution in [3.05, 3.63) is 28.6 Å². The van der Waals surface area contributed by atoms with E-state index in [9.17, 15) is 0 Å². The molecular formula is C13H21N. The predicted octanol–water partition coefficient (Wildman–Crippen LogP) is 3.64. The lowest BCUT2D eigenvalue weighted by Gasteiger charge is -2.13. The molecule has 78 valence electrons. The molecule has 0 N–H and O–H groups in total. The van der Waals surface area contributed by atoms with Gasteiger partial charge in [0.1, 0.15) is 0 Å². The van der Waals surface area contributed by atoms with E-state index in [1.165, 1.54) is 22.5 Å². The lowest BCUT2D eigenvalue weighted by atomic mass is 9.97. The van der Waals surface area contributed by atoms with E-state index in [0.29, 0.717) is 5.92 Å². The molecule has 0 aliphatic carbocycles. The van der Waals surface area contributed by atoms with Gasteiger partial charge >= 0.3 is 0 Å². The van der Waals surface area contributed by atoms with E-state index in [-0.39, 0.29) is 0 Å². The smallest absolute Gasteiger partial charge is 0.0436 e. The van der Waals surface area contributed by atoms with E-state index in [1.807, 2.05) is 0 Å². The monoisotopic (exact) mass is 191 g/mol. The van der Waals surface area contributed by atoms with Crippen LogP contribution >= 0.6 is 0 Å². The summed E-state index contributed by atoms with van der Waals surface area (Å²) < 4.78 is 0. The third-order valence-corrected chi connectivity index (χ3v) is 2.76. The molecule has 0 aromatic carbocycles. The maximum absolute atomic E-state index is 4.68. The van der Waals surface area contributed by atoms with Gasteiger partial charge in [-0.2, -0.15) is 0 Å². The Morgan fingerprint density at radius 1 is 1.21 bits per heavy atom. The van der Waals surface area contributed by atoms with Crippen LogP contribution in [0.2, 0.25) is 0 Å². The lowest BCUT2D eigenvalue weighted by Crippen LogP contribution is -2.03. The number of aromatic nitrogens is 1. The second kappa shape index (κ2) is 4.59. The van der Waals surface area contributed by atoms with Gasteiger partial charge in [-0.25, -0.2) is 0 Å². The molecule has 1 aromatic rings. The first-order chi connectivity index (χ1) is 6.60. The van der Waals surface area contributed by atoms with Crippen molar-refractivity contribution in [2.45, 2.75) is 53.4 Å². The average Bonchev–Trinajstić information content (AvgIpc) is 2.16. The van der Waals surface area contributed by atoms with Crippen molar-refractivity contribution >= 4 is 0 Å². The zero-order chi connectivity index (χ0) is 10.7. The molecule has 1 aromatic heterocycles. The van der Waals surface area contributed by atoms with Crippen LogP contribution in [0.1, 0.15) is 56.1 Å². The van der Waals surface area contributed by atoms with Crippen molar-refractivity contribution in [1.29, 1.82) is 0 Å². The minimum Gasteiger partial charge on any atom is -0.258 e. The predicted molar refractivity (Wildman–Crippen MR) is 61.8 cm³/mol. The van der Waals surface area contributed by atoms with E-state index in [1.54, 1.807) is 0 Å². The summed E-state index contributed by atoms with van der Waals surface area (Å²) in [7, 11) is 0. The highest BCUT2D eigenvalue weighted by molar-refractivity contribution is 5.32. The van der Waals surface area contributed by atoms with Crippen LogP contribution in [0, 0.1) is 6.92 Å². The number of rotatable bonds is 3. The van der Waals surface area contributed by atoms with Crippen LogP contribution in [0.4, 0.5) is 0 Å². The maximum atomic E-state index is 4.68. The molecule has 1 heterocycles. The Morgan fingerprint density at radius 2 is 1.86 bits per heavy atom. The Labute approximate surface area is 87.6 Å². The van der Waals surface area contributed by atoms with Gasteiger partial charge in [-0.15, -0.1) is 0 Å². The van der Waals surface area contributed by atoms with E-state index < -0.39 is 0 Å². The summed E-state index contributed by atoms with van der Waals surface area (Å²) in [5.41, 5.74) is 5.30. The second-order valence-corrected chi connectivity index (χ2v) is 4.13. The zero-order valence-electron chi connectivity index (χ0n) is 10.0. The molecule has 1 rings (SSSR count). The maximum Gasteiger partial charge on any atom is 0.0436 e. The molecule has 1 nitrogen and oxygen atoms in total. The fourth-order valence-corrected chi connectivity index (χ4v) is 1.91. The van der Waals surface area contributed by atoms with Crippen LogP contribution in [0.15, 0.2) is 6.07 Å². The van der Waals surface area contributed by atoms with Crippen molar-refractivity contribution in [3.63, 3.8) is 0 Å². The highest BCUT2D eigenvalue weighted by Crippen LogP contribution is 2.21. The molecule has 0 radical (unpaired) electrons. The highest BCUT2D eigenvalue weighted by Gasteiger charge is 2.09. The Morgan fingerprint density at radius 3 is 2.29 bits per heavy atom. The minimum atomic E-state index is 0.582. The van der Waals surface area contributed by atoms with Gasteiger partial charge in [-0.3, -0.25) is 4.98 Å². The van der Waals surface area contributed by atoms with Crippen molar-refractivity contribution in [3.8, 4) is 0 Å². The molecule has 0 fully saturated rings. The van der Waals surface area contributed by atoms with E-state index >= 15 is 0 Å². The van der Waals surface area contributed by atoms with Crippen molar-refractivity contribution < 1.29 is 0 Å². The summed E-state index contributed by atoms with van der Waals surface area (Å²) in [6.07, 6.45) is 2.14. The van der Waals surface area contributed by atoms with Crippen LogP contribution in [0.3, 0.4) is 0 Å². The number of aryl methyl sites for hydroxylation is 3. The molecule has 0 spiro atoms. The standard InChI is InChI=1S/C13H21N/c1-6-11-8-12(9(3)4)10(5)14-13(11)7-2/h8-9H,6-7H2,1-5H3. The quantitative estimate of drug-likeness (QED) is 0.711. The SMILES string of the molecule is CCc1cc(C(C)C)c(C)nc1CC. The normalized spacial score (nSPS) is 11.0. The average molecular weight is 191 g/mol. The third kappa shape index (κ3) is 2.14. The van der Waals surface area contributed by atoms with Gasteiger partial charge in [0.2, 0.25) is 0 Å². The topological polar surface area (TPSA) is 12.9 Å². The van der Waals surface area contributed by atoms with E-state index in [4.69, 9.17) is 0 Å². The summed E-state index contributed by atoms with van der Waals surface area (Å²) in [6, 6.07) is 2.34. The van der Waals surface area contributed by atoms with Crippen LogP contribution in [-0.2, 0) is 12.8 Å². The molecule has 0 saturated heterocycles. The molecule has 1 heteroatoms. The molecule has 0 amide bonds. The Balaban J connectivity index is 3.23. The first-order valence-electron chi connectivity index (χ1n) is 5.59. The largest absolute Gasteiger partial charge is 0.258 e. The molecule has 0 bridgehead atoms. The van der Waals surface area contributed by atoms with Gasteiger partial charge in [0.15, 0.2) is 0 Å². The number of hydrogen-bond donors (Lipinski definition) is 0. The van der Waals surface area contributed by atoms with Crippen molar-refractivity contribution in [2.75, 3.05) is 0 Å². The van der Waals surface area contributed by atoms with Crippen LogP contribution in [-0.4, -0.2) is 4.98 Å². The van der Waals surface area contributed by atoms with Crippen LogP contribution < -0.4 is 0 Å². The van der Waals surface area contributed by atoms with Gasteiger partial charge in [-0.1, -0.05) is 33.8 Å². The number of pyridine rings is 1. The Kier molecular flexibility index (Phi) is 3.68. The van der Waals surface area contributed by atoms with Gasteiger partial charge < -0.3 is 0 Å². The number of hydrogen-bond acceptors (Lipinski definition) is 1. The molecule has 14 heavy (non-hydrogen) atoms. The summed E-state index contributed by atoms with van der Waals surface area (Å²) in [6.45, 7) is 11.0. The molecule has 0 unspecified atom stereocenters. The molecule has 0 aliphatic rings. The van der Waals surface area contributed by atoms with Gasteiger partial charge in [-0.05, 0) is 36.8 Å². The molecule has 0 atom stereocenters. The lowest BCUT2D eigenvalue weighted by molar-refractivity contribution is 0.821. The molecule has 0 aliphatic heterocycles. The summed E-state index contributed by atoms with van der Waals surface area (Å²) in [5.74, 6) is 0.582. The Hall–Kier alpha value is -0.850. The molecule has 0 saturated carbocycles. The minimum absolute atomic E-state index is 0.582. The first kappa shape index (κ1) is 11.2. The van der Waals surface area contributed by atoms with Crippen LogP contribution in [0.5, 0.6) is 0 Å². The van der Waals surface area contributed by atoms with Crippen molar-refractivity contribution in [2.24, 2.45) is 0 Å². The second-order valence-electron chi connectivity index (χ2n) is 4.13. The van der Waals surface area contributed by atoms with Crippen molar-refractivity contribution in [1.82, 2.24) is 4.98 Å². The van der Waals surface area contributed by atoms with Crippen LogP contribution in [0.25, 0.3) is 0 Å². The van der Waals surface area contributed by atoms with E-state index in [0.717, 1.165) is 12.8 Å². The van der Waals surface area contributed by atoms with Gasteiger partial charge in [0.05, 0.1) is 0 Å². The Bertz CT molecular complexity index is 313. The molecular weight excluding hydrogens is 170 g/mol. The third-order valence-electron chi connectivity index (χ3n) is 2.76.